The molecule has 0 saturated carbocycles. The zero-order chi connectivity index (χ0) is 13.5. The fourth-order valence-electron chi connectivity index (χ4n) is 1.27. The van der Waals surface area contributed by atoms with Crippen LogP contribution in [0.15, 0.2) is 52.8 Å². The van der Waals surface area contributed by atoms with Gasteiger partial charge in [-0.2, -0.15) is 0 Å². The molecular formula is C14H19FN2O. The number of hydrogen-bond acceptors (Lipinski definition) is 3. The number of halogens is 1. The molecule has 18 heavy (non-hydrogen) atoms. The first-order valence-electron chi connectivity index (χ1n) is 5.95. The van der Waals surface area contributed by atoms with E-state index in [1.807, 2.05) is 13.0 Å². The molecule has 0 fully saturated rings. The van der Waals surface area contributed by atoms with Gasteiger partial charge >= 0.3 is 0 Å². The highest BCUT2D eigenvalue weighted by Gasteiger charge is 2.11. The van der Waals surface area contributed by atoms with Crippen molar-refractivity contribution in [1.29, 1.82) is 0 Å². The maximum atomic E-state index is 13.5. The van der Waals surface area contributed by atoms with Crippen molar-refractivity contribution in [2.45, 2.75) is 33.1 Å². The van der Waals surface area contributed by atoms with Crippen LogP contribution >= 0.6 is 0 Å². The Labute approximate surface area is 107 Å². The molecule has 0 aromatic heterocycles. The quantitative estimate of drug-likeness (QED) is 0.469. The summed E-state index contributed by atoms with van der Waals surface area (Å²) in [6.45, 7) is 7.38. The lowest BCUT2D eigenvalue weighted by atomic mass is 10.1. The molecule has 0 radical (unpaired) electrons. The van der Waals surface area contributed by atoms with Gasteiger partial charge in [-0.1, -0.05) is 19.6 Å². The Bertz CT molecular complexity index is 445. The molecule has 2 N–H and O–H groups in total. The van der Waals surface area contributed by atoms with Crippen molar-refractivity contribution in [3.05, 3.63) is 47.8 Å². The van der Waals surface area contributed by atoms with Crippen molar-refractivity contribution in [2.75, 3.05) is 0 Å². The van der Waals surface area contributed by atoms with E-state index in [1.54, 1.807) is 13.0 Å². The molecule has 0 aromatic carbocycles. The molecule has 1 aliphatic rings. The zero-order valence-electron chi connectivity index (χ0n) is 10.9. The van der Waals surface area contributed by atoms with E-state index < -0.39 is 0 Å². The number of allylic oxidation sites excluding steroid dienone is 4. The first kappa shape index (κ1) is 14.2. The normalized spacial score (nSPS) is 17.1. The minimum absolute atomic E-state index is 0.240. The second kappa shape index (κ2) is 6.79. The smallest absolute Gasteiger partial charge is 0.194 e. The summed E-state index contributed by atoms with van der Waals surface area (Å²) in [4.78, 5) is 4.10. The van der Waals surface area contributed by atoms with Crippen LogP contribution in [-0.4, -0.2) is 5.90 Å². The topological polar surface area (TPSA) is 47.6 Å². The van der Waals surface area contributed by atoms with Crippen LogP contribution in [0.5, 0.6) is 0 Å². The molecule has 0 aromatic rings. The Morgan fingerprint density at radius 1 is 1.67 bits per heavy atom. The largest absolute Gasteiger partial charge is 0.440 e. The highest BCUT2D eigenvalue weighted by Crippen LogP contribution is 2.21. The van der Waals surface area contributed by atoms with Crippen LogP contribution in [0.3, 0.4) is 0 Å². The van der Waals surface area contributed by atoms with Crippen molar-refractivity contribution >= 4 is 5.90 Å². The second-order valence-electron chi connectivity index (χ2n) is 4.05. The summed E-state index contributed by atoms with van der Waals surface area (Å²) in [6.07, 6.45) is 6.64. The number of hydrogen-bond donors (Lipinski definition) is 1. The molecule has 0 spiro atoms. The number of aliphatic imine (C=N–C) groups is 1. The van der Waals surface area contributed by atoms with Crippen LogP contribution in [0.25, 0.3) is 0 Å². The van der Waals surface area contributed by atoms with Gasteiger partial charge < -0.3 is 10.5 Å². The minimum atomic E-state index is -0.240. The predicted octanol–water partition coefficient (Wildman–Crippen LogP) is 3.72. The third-order valence-electron chi connectivity index (χ3n) is 2.44. The van der Waals surface area contributed by atoms with Gasteiger partial charge in [0.05, 0.1) is 11.9 Å². The second-order valence-corrected chi connectivity index (χ2v) is 4.05. The molecular weight excluding hydrogens is 231 g/mol. The molecule has 0 aliphatic heterocycles. The van der Waals surface area contributed by atoms with E-state index in [2.05, 4.69) is 11.6 Å². The lowest BCUT2D eigenvalue weighted by Crippen LogP contribution is -2.05. The Balaban J connectivity index is 2.79. The minimum Gasteiger partial charge on any atom is -0.440 e. The fraction of sp³-hybridized carbons (Fsp3) is 0.357. The third kappa shape index (κ3) is 4.20. The molecule has 0 bridgehead atoms. The summed E-state index contributed by atoms with van der Waals surface area (Å²) < 4.78 is 18.9. The van der Waals surface area contributed by atoms with Crippen molar-refractivity contribution in [3.63, 3.8) is 0 Å². The van der Waals surface area contributed by atoms with E-state index in [0.29, 0.717) is 30.9 Å². The summed E-state index contributed by atoms with van der Waals surface area (Å²) in [5, 5.41) is 0. The van der Waals surface area contributed by atoms with Crippen molar-refractivity contribution in [3.8, 4) is 0 Å². The predicted molar refractivity (Wildman–Crippen MR) is 72.4 cm³/mol. The Morgan fingerprint density at radius 3 is 2.94 bits per heavy atom. The standard InChI is InChI=1S/C14H19FN2O/c1-4-14(17-9-12(16)10(2)3)18-13-8-6-5-7-11(13)15/h6,8-9H,2,4-5,7,16H2,1,3H3/b12-9+,17-14+. The van der Waals surface area contributed by atoms with Gasteiger partial charge in [-0.3, -0.25) is 0 Å². The number of rotatable bonds is 4. The van der Waals surface area contributed by atoms with E-state index >= 15 is 0 Å². The SMILES string of the molecule is C=C(C)/C(N)=C\N=C(/CC)OC1=C(F)CCC=C1. The van der Waals surface area contributed by atoms with Crippen molar-refractivity contribution < 1.29 is 9.13 Å². The molecule has 4 heteroatoms. The third-order valence-corrected chi connectivity index (χ3v) is 2.44. The van der Waals surface area contributed by atoms with E-state index in [1.165, 1.54) is 6.20 Å². The maximum absolute atomic E-state index is 13.5. The number of nitrogens with two attached hydrogens (primary N) is 1. The average molecular weight is 250 g/mol. The van der Waals surface area contributed by atoms with Crippen LogP contribution < -0.4 is 5.73 Å². The van der Waals surface area contributed by atoms with Gasteiger partial charge in [-0.05, 0) is 25.0 Å². The molecule has 1 rings (SSSR count). The van der Waals surface area contributed by atoms with Gasteiger partial charge in [-0.25, -0.2) is 9.38 Å². The molecule has 3 nitrogen and oxygen atoms in total. The first-order chi connectivity index (χ1) is 8.54. The molecule has 0 heterocycles. The summed E-state index contributed by atoms with van der Waals surface area (Å²) in [7, 11) is 0. The van der Waals surface area contributed by atoms with E-state index in [-0.39, 0.29) is 11.6 Å². The molecule has 1 aliphatic carbocycles. The van der Waals surface area contributed by atoms with Gasteiger partial charge in [0.25, 0.3) is 0 Å². The van der Waals surface area contributed by atoms with Gasteiger partial charge in [-0.15, -0.1) is 0 Å². The monoisotopic (exact) mass is 250 g/mol. The molecule has 98 valence electrons. The van der Waals surface area contributed by atoms with Crippen LogP contribution in [0, 0.1) is 0 Å². The van der Waals surface area contributed by atoms with Crippen LogP contribution in [0.1, 0.15) is 33.1 Å². The van der Waals surface area contributed by atoms with Crippen LogP contribution in [0.2, 0.25) is 0 Å². The Kier molecular flexibility index (Phi) is 5.36. The lowest BCUT2D eigenvalue weighted by molar-refractivity contribution is 0.383. The van der Waals surface area contributed by atoms with Crippen molar-refractivity contribution in [1.82, 2.24) is 0 Å². The fourth-order valence-corrected chi connectivity index (χ4v) is 1.27. The Morgan fingerprint density at radius 2 is 2.39 bits per heavy atom. The molecule has 0 atom stereocenters. The average Bonchev–Trinajstić information content (AvgIpc) is 2.36. The first-order valence-corrected chi connectivity index (χ1v) is 5.95. The van der Waals surface area contributed by atoms with Gasteiger partial charge in [0.2, 0.25) is 0 Å². The maximum Gasteiger partial charge on any atom is 0.194 e. The van der Waals surface area contributed by atoms with Gasteiger partial charge in [0.1, 0.15) is 5.83 Å². The van der Waals surface area contributed by atoms with Crippen LogP contribution in [0.4, 0.5) is 4.39 Å². The van der Waals surface area contributed by atoms with E-state index in [0.717, 1.165) is 5.57 Å². The molecule has 0 unspecified atom stereocenters. The highest BCUT2D eigenvalue weighted by atomic mass is 19.1. The number of ether oxygens (including phenoxy) is 1. The summed E-state index contributed by atoms with van der Waals surface area (Å²) in [5.74, 6) is 0.426. The summed E-state index contributed by atoms with van der Waals surface area (Å²) in [5.41, 5.74) is 6.90. The van der Waals surface area contributed by atoms with Gasteiger partial charge in [0, 0.05) is 12.8 Å². The lowest BCUT2D eigenvalue weighted by Gasteiger charge is -2.11. The summed E-state index contributed by atoms with van der Waals surface area (Å²) >= 11 is 0. The molecule has 0 amide bonds. The molecule has 0 saturated heterocycles. The summed E-state index contributed by atoms with van der Waals surface area (Å²) in [6, 6.07) is 0. The van der Waals surface area contributed by atoms with E-state index in [9.17, 15) is 4.39 Å². The zero-order valence-corrected chi connectivity index (χ0v) is 10.9. The Hall–Kier alpha value is -1.84. The van der Waals surface area contributed by atoms with Gasteiger partial charge in [0.15, 0.2) is 11.7 Å². The van der Waals surface area contributed by atoms with Crippen molar-refractivity contribution in [2.24, 2.45) is 10.7 Å². The highest BCUT2D eigenvalue weighted by molar-refractivity contribution is 5.78. The van der Waals surface area contributed by atoms with E-state index in [4.69, 9.17) is 10.5 Å². The van der Waals surface area contributed by atoms with Crippen LogP contribution in [-0.2, 0) is 4.74 Å². The number of nitrogens with zero attached hydrogens (tertiary/aromatic N) is 1.